The molecule has 1 spiro atoms. The summed E-state index contributed by atoms with van der Waals surface area (Å²) < 4.78 is 5.96. The largest absolute Gasteiger partial charge is 0.451 e. The molecule has 7 atom stereocenters. The van der Waals surface area contributed by atoms with Gasteiger partial charge in [0.25, 0.3) is 0 Å². The standard InChI is InChI=1S/C23H31NO3/c1-3-14-12-15-13-16(24-26)4-5-17(15)18-6-9-22(2)19(21(14)18)7-10-23(22)11-8-20(25)27-23/h8,11,13-14,17-19,21,26H,3-7,9-10,12H2,1-2H3/b24-16+/t14?,17-,18?,19?,21?,22-,23+/m0/s1. The average molecular weight is 370 g/mol. The van der Waals surface area contributed by atoms with E-state index < -0.39 is 0 Å². The highest BCUT2D eigenvalue weighted by Crippen LogP contribution is 2.68. The second-order valence-electron chi connectivity index (χ2n) is 9.81. The summed E-state index contributed by atoms with van der Waals surface area (Å²) >= 11 is 0. The zero-order valence-corrected chi connectivity index (χ0v) is 16.5. The van der Waals surface area contributed by atoms with Crippen LogP contribution in [-0.2, 0) is 9.53 Å². The van der Waals surface area contributed by atoms with Crippen molar-refractivity contribution in [3.63, 3.8) is 0 Å². The highest BCUT2D eigenvalue weighted by Gasteiger charge is 2.65. The van der Waals surface area contributed by atoms with Crippen LogP contribution in [0.1, 0.15) is 65.2 Å². The molecule has 0 radical (unpaired) electrons. The van der Waals surface area contributed by atoms with Crippen molar-refractivity contribution in [1.82, 2.24) is 0 Å². The summed E-state index contributed by atoms with van der Waals surface area (Å²) in [6, 6.07) is 0. The third kappa shape index (κ3) is 2.28. The molecule has 1 heterocycles. The van der Waals surface area contributed by atoms with Crippen LogP contribution in [0.4, 0.5) is 0 Å². The molecule has 0 aromatic heterocycles. The molecule has 4 aliphatic carbocycles. The zero-order chi connectivity index (χ0) is 18.8. The van der Waals surface area contributed by atoms with Gasteiger partial charge >= 0.3 is 5.97 Å². The van der Waals surface area contributed by atoms with E-state index in [2.05, 4.69) is 31.2 Å². The van der Waals surface area contributed by atoms with E-state index in [-0.39, 0.29) is 17.0 Å². The van der Waals surface area contributed by atoms with Crippen LogP contribution in [0, 0.1) is 35.0 Å². The van der Waals surface area contributed by atoms with Gasteiger partial charge in [-0.2, -0.15) is 0 Å². The lowest BCUT2D eigenvalue weighted by Gasteiger charge is -2.57. The summed E-state index contributed by atoms with van der Waals surface area (Å²) in [5, 5.41) is 12.7. The summed E-state index contributed by atoms with van der Waals surface area (Å²) in [5.74, 6) is 3.32. The van der Waals surface area contributed by atoms with Crippen molar-refractivity contribution in [2.75, 3.05) is 0 Å². The van der Waals surface area contributed by atoms with Crippen molar-refractivity contribution in [2.45, 2.75) is 70.8 Å². The van der Waals surface area contributed by atoms with E-state index in [0.29, 0.717) is 17.8 Å². The Labute approximate surface area is 161 Å². The molecule has 4 unspecified atom stereocenters. The Balaban J connectivity index is 1.51. The summed E-state index contributed by atoms with van der Waals surface area (Å²) in [6.07, 6.45) is 14.9. The number of rotatable bonds is 1. The summed E-state index contributed by atoms with van der Waals surface area (Å²) in [5.41, 5.74) is 2.12. The molecule has 4 heteroatoms. The van der Waals surface area contributed by atoms with Crippen LogP contribution in [0.2, 0.25) is 0 Å². The molecule has 0 amide bonds. The fraction of sp³-hybridized carbons (Fsp3) is 0.739. The van der Waals surface area contributed by atoms with Crippen molar-refractivity contribution in [3.05, 3.63) is 23.8 Å². The first-order chi connectivity index (χ1) is 13.0. The van der Waals surface area contributed by atoms with Gasteiger partial charge in [-0.15, -0.1) is 0 Å². The molecule has 5 aliphatic rings. The number of hydrogen-bond donors (Lipinski definition) is 1. The molecule has 4 nitrogen and oxygen atoms in total. The third-order valence-electron chi connectivity index (χ3n) is 9.09. The second kappa shape index (κ2) is 5.96. The Kier molecular flexibility index (Phi) is 3.86. The first-order valence-electron chi connectivity index (χ1n) is 10.8. The van der Waals surface area contributed by atoms with Crippen LogP contribution in [0.25, 0.3) is 0 Å². The molecule has 0 bridgehead atoms. The van der Waals surface area contributed by atoms with Crippen LogP contribution in [0.15, 0.2) is 29.0 Å². The topological polar surface area (TPSA) is 58.9 Å². The molecule has 1 aliphatic heterocycles. The summed E-state index contributed by atoms with van der Waals surface area (Å²) in [7, 11) is 0. The van der Waals surface area contributed by atoms with Gasteiger partial charge in [0, 0.05) is 11.5 Å². The van der Waals surface area contributed by atoms with E-state index in [1.165, 1.54) is 24.8 Å². The maximum absolute atomic E-state index is 11.9. The third-order valence-corrected chi connectivity index (χ3v) is 9.09. The van der Waals surface area contributed by atoms with E-state index in [4.69, 9.17) is 4.74 Å². The van der Waals surface area contributed by atoms with Crippen molar-refractivity contribution >= 4 is 11.7 Å². The molecule has 5 rings (SSSR count). The molecular weight excluding hydrogens is 338 g/mol. The number of oxime groups is 1. The molecule has 3 fully saturated rings. The zero-order valence-electron chi connectivity index (χ0n) is 16.5. The number of ether oxygens (including phenoxy) is 1. The number of hydrogen-bond acceptors (Lipinski definition) is 4. The van der Waals surface area contributed by atoms with E-state index in [1.54, 1.807) is 6.08 Å². The summed E-state index contributed by atoms with van der Waals surface area (Å²) in [4.78, 5) is 11.9. The van der Waals surface area contributed by atoms with Crippen molar-refractivity contribution in [1.29, 1.82) is 0 Å². The molecule has 0 aromatic carbocycles. The molecule has 0 saturated heterocycles. The van der Waals surface area contributed by atoms with Gasteiger partial charge in [-0.1, -0.05) is 31.0 Å². The van der Waals surface area contributed by atoms with Gasteiger partial charge < -0.3 is 9.94 Å². The number of carbonyl (C=O) groups is 1. The number of carbonyl (C=O) groups excluding carboxylic acids is 1. The van der Waals surface area contributed by atoms with Crippen molar-refractivity contribution in [2.24, 2.45) is 40.2 Å². The van der Waals surface area contributed by atoms with Crippen LogP contribution in [0.3, 0.4) is 0 Å². The van der Waals surface area contributed by atoms with Gasteiger partial charge in [0.1, 0.15) is 5.60 Å². The maximum Gasteiger partial charge on any atom is 0.331 e. The molecular formula is C23H31NO3. The predicted octanol–water partition coefficient (Wildman–Crippen LogP) is 4.88. The monoisotopic (exact) mass is 369 g/mol. The summed E-state index contributed by atoms with van der Waals surface area (Å²) in [6.45, 7) is 4.73. The maximum atomic E-state index is 11.9. The quantitative estimate of drug-likeness (QED) is 0.407. The number of allylic oxidation sites excluding steroid dienone is 2. The first-order valence-corrected chi connectivity index (χ1v) is 10.8. The number of fused-ring (bicyclic) bond motifs is 6. The average Bonchev–Trinajstić information content (AvgIpc) is 3.21. The normalized spacial score (nSPS) is 49.6. The van der Waals surface area contributed by atoms with Crippen LogP contribution >= 0.6 is 0 Å². The molecule has 27 heavy (non-hydrogen) atoms. The van der Waals surface area contributed by atoms with Gasteiger partial charge in [0.05, 0.1) is 5.71 Å². The number of esters is 1. The minimum Gasteiger partial charge on any atom is -0.451 e. The Bertz CT molecular complexity index is 753. The van der Waals surface area contributed by atoms with Crippen LogP contribution in [-0.4, -0.2) is 22.5 Å². The minimum atomic E-state index is -0.350. The van der Waals surface area contributed by atoms with Gasteiger partial charge in [-0.3, -0.25) is 0 Å². The smallest absolute Gasteiger partial charge is 0.331 e. The predicted molar refractivity (Wildman–Crippen MR) is 103 cm³/mol. The highest BCUT2D eigenvalue weighted by atomic mass is 16.6. The van der Waals surface area contributed by atoms with Gasteiger partial charge in [-0.05, 0) is 86.7 Å². The van der Waals surface area contributed by atoms with Crippen molar-refractivity contribution in [3.8, 4) is 0 Å². The van der Waals surface area contributed by atoms with Gasteiger partial charge in [-0.25, -0.2) is 4.79 Å². The Morgan fingerprint density at radius 2 is 2.15 bits per heavy atom. The highest BCUT2D eigenvalue weighted by molar-refractivity contribution is 5.96. The lowest BCUT2D eigenvalue weighted by molar-refractivity contribution is -0.163. The van der Waals surface area contributed by atoms with Crippen molar-refractivity contribution < 1.29 is 14.7 Å². The number of nitrogens with zero attached hydrogens (tertiary/aromatic N) is 1. The van der Waals surface area contributed by atoms with E-state index >= 15 is 0 Å². The van der Waals surface area contributed by atoms with E-state index in [1.807, 2.05) is 0 Å². The fourth-order valence-corrected chi connectivity index (χ4v) is 7.81. The second-order valence-corrected chi connectivity index (χ2v) is 9.81. The molecule has 1 N–H and O–H groups in total. The Hall–Kier alpha value is -1.58. The van der Waals surface area contributed by atoms with Gasteiger partial charge in [0.15, 0.2) is 0 Å². The molecule has 146 valence electrons. The minimum absolute atomic E-state index is 0.0812. The lowest BCUT2D eigenvalue weighted by atomic mass is 9.48. The SMILES string of the molecule is CCC1CC2=C/C(=N/O)CC[C@@H]2C2CC[C@@]3(C)C(CC[C@@]34C=CC(=O)O4)C12. The van der Waals surface area contributed by atoms with Gasteiger partial charge in [0.2, 0.25) is 0 Å². The van der Waals surface area contributed by atoms with Crippen LogP contribution in [0.5, 0.6) is 0 Å². The van der Waals surface area contributed by atoms with Crippen LogP contribution < -0.4 is 0 Å². The van der Waals surface area contributed by atoms with E-state index in [9.17, 15) is 10.0 Å². The Morgan fingerprint density at radius 1 is 1.30 bits per heavy atom. The van der Waals surface area contributed by atoms with E-state index in [0.717, 1.165) is 49.7 Å². The molecule has 3 saturated carbocycles. The first kappa shape index (κ1) is 17.5. The Morgan fingerprint density at radius 3 is 2.85 bits per heavy atom. The lowest BCUT2D eigenvalue weighted by Crippen LogP contribution is -2.54. The molecule has 0 aromatic rings. The fourth-order valence-electron chi connectivity index (χ4n) is 7.81.